The molecule has 0 aliphatic carbocycles. The van der Waals surface area contributed by atoms with Gasteiger partial charge >= 0.3 is 0 Å². The van der Waals surface area contributed by atoms with E-state index in [2.05, 4.69) is 12.2 Å². The molecule has 2 aromatic carbocycles. The van der Waals surface area contributed by atoms with E-state index >= 15 is 0 Å². The maximum absolute atomic E-state index is 13.7. The molecule has 1 fully saturated rings. The summed E-state index contributed by atoms with van der Waals surface area (Å²) in [7, 11) is 0. The van der Waals surface area contributed by atoms with E-state index in [1.165, 1.54) is 6.92 Å². The quantitative estimate of drug-likeness (QED) is 0.212. The minimum atomic E-state index is -0.320. The van der Waals surface area contributed by atoms with Gasteiger partial charge in [0.2, 0.25) is 5.91 Å². The van der Waals surface area contributed by atoms with Crippen molar-refractivity contribution in [2.75, 3.05) is 26.2 Å². The number of likely N-dealkylation sites (tertiary alicyclic amines) is 1. The van der Waals surface area contributed by atoms with E-state index in [-0.39, 0.29) is 46.7 Å². The molecular formula is C34H49N3O4. The maximum atomic E-state index is 13.7. The molecule has 224 valence electrons. The average molecular weight is 564 g/mol. The van der Waals surface area contributed by atoms with Crippen LogP contribution in [0.25, 0.3) is 0 Å². The van der Waals surface area contributed by atoms with E-state index in [1.807, 2.05) is 82.8 Å². The van der Waals surface area contributed by atoms with Crippen LogP contribution in [0, 0.1) is 11.3 Å². The Morgan fingerprint density at radius 2 is 1.63 bits per heavy atom. The topological polar surface area (TPSA) is 103 Å². The Kier molecular flexibility index (Phi) is 10.3. The molecule has 0 unspecified atom stereocenters. The first-order valence-electron chi connectivity index (χ1n) is 14.8. The SMILES string of the molecule is CCC[C@H]1CN(CC(=O)c2cc(C(C)(C)C)c(O)c(C(C)(C)C)c2)C(=N)[C@@H]1c1ccc(OCCCNC(C)=O)cc1. The highest BCUT2D eigenvalue weighted by molar-refractivity contribution is 6.01. The molecule has 0 radical (unpaired) electrons. The first kappa shape index (κ1) is 32.2. The van der Waals surface area contributed by atoms with E-state index in [9.17, 15) is 14.7 Å². The van der Waals surface area contributed by atoms with Crippen molar-refractivity contribution in [2.45, 2.75) is 91.4 Å². The zero-order valence-corrected chi connectivity index (χ0v) is 26.2. The van der Waals surface area contributed by atoms with Crippen LogP contribution in [-0.4, -0.2) is 53.8 Å². The van der Waals surface area contributed by atoms with Gasteiger partial charge in [0.05, 0.1) is 13.2 Å². The maximum Gasteiger partial charge on any atom is 0.216 e. The summed E-state index contributed by atoms with van der Waals surface area (Å²) in [5.41, 5.74) is 2.54. The van der Waals surface area contributed by atoms with Crippen LogP contribution in [0.3, 0.4) is 0 Å². The fourth-order valence-corrected chi connectivity index (χ4v) is 5.62. The lowest BCUT2D eigenvalue weighted by Crippen LogP contribution is -2.32. The van der Waals surface area contributed by atoms with Gasteiger partial charge in [0.25, 0.3) is 0 Å². The third-order valence-electron chi connectivity index (χ3n) is 7.81. The van der Waals surface area contributed by atoms with Gasteiger partial charge in [-0.3, -0.25) is 15.0 Å². The second-order valence-corrected chi connectivity index (χ2v) is 13.4. The molecule has 1 heterocycles. The molecule has 1 aliphatic rings. The first-order chi connectivity index (χ1) is 19.1. The number of benzene rings is 2. The van der Waals surface area contributed by atoms with Gasteiger partial charge in [0, 0.05) is 42.6 Å². The molecule has 0 saturated carbocycles. The van der Waals surface area contributed by atoms with Gasteiger partial charge in [0.15, 0.2) is 5.78 Å². The number of nitrogens with zero attached hydrogens (tertiary/aromatic N) is 1. The molecule has 1 saturated heterocycles. The zero-order valence-electron chi connectivity index (χ0n) is 26.2. The molecule has 2 atom stereocenters. The molecule has 0 aromatic heterocycles. The fourth-order valence-electron chi connectivity index (χ4n) is 5.62. The first-order valence-corrected chi connectivity index (χ1v) is 14.8. The molecule has 1 aliphatic heterocycles. The van der Waals surface area contributed by atoms with Crippen molar-refractivity contribution in [1.82, 2.24) is 10.2 Å². The predicted molar refractivity (Wildman–Crippen MR) is 166 cm³/mol. The Labute approximate surface area is 246 Å². The summed E-state index contributed by atoms with van der Waals surface area (Å²) in [6, 6.07) is 11.6. The van der Waals surface area contributed by atoms with Crippen LogP contribution in [0.15, 0.2) is 36.4 Å². The molecule has 3 rings (SSSR count). The predicted octanol–water partition coefficient (Wildman–Crippen LogP) is 6.57. The number of hydrogen-bond donors (Lipinski definition) is 3. The van der Waals surface area contributed by atoms with E-state index < -0.39 is 0 Å². The molecule has 7 nitrogen and oxygen atoms in total. The Morgan fingerprint density at radius 3 is 2.15 bits per heavy atom. The Morgan fingerprint density at radius 1 is 1.05 bits per heavy atom. The van der Waals surface area contributed by atoms with E-state index in [1.54, 1.807) is 0 Å². The lowest BCUT2D eigenvalue weighted by Gasteiger charge is -2.28. The molecule has 41 heavy (non-hydrogen) atoms. The summed E-state index contributed by atoms with van der Waals surface area (Å²) in [5, 5.41) is 22.9. The van der Waals surface area contributed by atoms with Gasteiger partial charge in [-0.2, -0.15) is 0 Å². The van der Waals surface area contributed by atoms with Gasteiger partial charge in [-0.1, -0.05) is 67.0 Å². The number of phenolic OH excluding ortho intramolecular Hbond substituents is 1. The normalized spacial score (nSPS) is 17.6. The minimum Gasteiger partial charge on any atom is -0.507 e. The lowest BCUT2D eigenvalue weighted by molar-refractivity contribution is -0.118. The third-order valence-corrected chi connectivity index (χ3v) is 7.81. The van der Waals surface area contributed by atoms with Crippen LogP contribution in [-0.2, 0) is 15.6 Å². The number of nitrogens with one attached hydrogen (secondary N) is 2. The number of carbonyl (C=O) groups is 2. The summed E-state index contributed by atoms with van der Waals surface area (Å²) in [6.45, 7) is 17.8. The molecule has 2 aromatic rings. The van der Waals surface area contributed by atoms with Gasteiger partial charge in [-0.25, -0.2) is 0 Å². The Hall–Kier alpha value is -3.35. The number of phenols is 1. The van der Waals surface area contributed by atoms with Gasteiger partial charge < -0.3 is 20.1 Å². The highest BCUT2D eigenvalue weighted by atomic mass is 16.5. The summed E-state index contributed by atoms with van der Waals surface area (Å²) in [4.78, 5) is 26.6. The van der Waals surface area contributed by atoms with Crippen molar-refractivity contribution < 1.29 is 19.4 Å². The molecule has 1 amide bonds. The third kappa shape index (κ3) is 8.11. The molecular weight excluding hydrogens is 514 g/mol. The Balaban J connectivity index is 1.78. The number of ether oxygens (including phenoxy) is 1. The van der Waals surface area contributed by atoms with Crippen molar-refractivity contribution in [3.63, 3.8) is 0 Å². The van der Waals surface area contributed by atoms with Crippen molar-refractivity contribution in [3.05, 3.63) is 58.7 Å². The molecule has 0 spiro atoms. The van der Waals surface area contributed by atoms with Crippen LogP contribution in [0.1, 0.15) is 108 Å². The summed E-state index contributed by atoms with van der Waals surface area (Å²) >= 11 is 0. The molecule has 3 N–H and O–H groups in total. The van der Waals surface area contributed by atoms with Crippen LogP contribution in [0.4, 0.5) is 0 Å². The van der Waals surface area contributed by atoms with E-state index in [0.29, 0.717) is 31.1 Å². The van der Waals surface area contributed by atoms with E-state index in [4.69, 9.17) is 10.1 Å². The van der Waals surface area contributed by atoms with Crippen LogP contribution >= 0.6 is 0 Å². The number of aromatic hydroxyl groups is 1. The minimum absolute atomic E-state index is 0.0374. The largest absolute Gasteiger partial charge is 0.507 e. The summed E-state index contributed by atoms with van der Waals surface area (Å²) in [5.74, 6) is 1.59. The molecule has 0 bridgehead atoms. The van der Waals surface area contributed by atoms with Crippen molar-refractivity contribution in [3.8, 4) is 11.5 Å². The highest BCUT2D eigenvalue weighted by Crippen LogP contribution is 2.41. The summed E-state index contributed by atoms with van der Waals surface area (Å²) < 4.78 is 5.83. The van der Waals surface area contributed by atoms with E-state index in [0.717, 1.165) is 41.7 Å². The van der Waals surface area contributed by atoms with Gasteiger partial charge in [-0.05, 0) is 59.4 Å². The number of Topliss-reactive ketones (excluding diaryl/α,β-unsaturated/α-hetero) is 1. The lowest BCUT2D eigenvalue weighted by atomic mass is 9.78. The highest BCUT2D eigenvalue weighted by Gasteiger charge is 2.39. The number of carbonyl (C=O) groups excluding carboxylic acids is 2. The second kappa shape index (κ2) is 13.1. The van der Waals surface area contributed by atoms with Crippen LogP contribution < -0.4 is 10.1 Å². The van der Waals surface area contributed by atoms with Crippen LogP contribution in [0.2, 0.25) is 0 Å². The van der Waals surface area contributed by atoms with Crippen molar-refractivity contribution in [1.29, 1.82) is 5.41 Å². The van der Waals surface area contributed by atoms with Crippen LogP contribution in [0.5, 0.6) is 11.5 Å². The fraction of sp³-hybridized carbons (Fsp3) is 0.559. The second-order valence-electron chi connectivity index (χ2n) is 13.4. The zero-order chi connectivity index (χ0) is 30.5. The van der Waals surface area contributed by atoms with Gasteiger partial charge in [0.1, 0.15) is 17.3 Å². The van der Waals surface area contributed by atoms with Crippen molar-refractivity contribution >= 4 is 17.5 Å². The van der Waals surface area contributed by atoms with Gasteiger partial charge in [-0.15, -0.1) is 0 Å². The number of ketones is 1. The standard InChI is InChI=1S/C34H49N3O4/c1-9-11-24-20-37(21-29(39)25-18-27(33(3,4)5)31(40)28(19-25)34(6,7)8)32(35)30(24)23-12-14-26(15-13-23)41-17-10-16-36-22(2)38/h12-15,18-19,24,30,35,40H,9-11,16-17,20-21H2,1-8H3,(H,36,38)/t24-,30+/m0/s1. The number of hydrogen-bond acceptors (Lipinski definition) is 5. The number of amidine groups is 1. The average Bonchev–Trinajstić information content (AvgIpc) is 3.17. The number of rotatable bonds is 11. The monoisotopic (exact) mass is 563 g/mol. The molecule has 7 heteroatoms. The summed E-state index contributed by atoms with van der Waals surface area (Å²) in [6.07, 6.45) is 2.71. The number of amides is 1. The smallest absolute Gasteiger partial charge is 0.216 e. The Bertz CT molecular complexity index is 1200. The van der Waals surface area contributed by atoms with Crippen molar-refractivity contribution in [2.24, 2.45) is 5.92 Å².